The van der Waals surface area contributed by atoms with Crippen molar-refractivity contribution < 1.29 is 9.84 Å². The van der Waals surface area contributed by atoms with Gasteiger partial charge in [-0.3, -0.25) is 0 Å². The second-order valence-corrected chi connectivity index (χ2v) is 3.91. The number of methoxy groups -OCH3 is 1. The van der Waals surface area contributed by atoms with Crippen molar-refractivity contribution in [3.05, 3.63) is 29.8 Å². The Kier molecular flexibility index (Phi) is 4.59. The molecule has 1 aromatic rings. The third-order valence-electron chi connectivity index (χ3n) is 2.39. The lowest BCUT2D eigenvalue weighted by Crippen LogP contribution is -2.22. The number of benzene rings is 1. The van der Waals surface area contributed by atoms with Gasteiger partial charge in [0.15, 0.2) is 0 Å². The lowest BCUT2D eigenvalue weighted by Gasteiger charge is -2.19. The van der Waals surface area contributed by atoms with Crippen LogP contribution in [0.5, 0.6) is 5.75 Å². The summed E-state index contributed by atoms with van der Waals surface area (Å²) in [6.07, 6.45) is 0. The summed E-state index contributed by atoms with van der Waals surface area (Å²) >= 11 is 0. The van der Waals surface area contributed by atoms with Crippen LogP contribution in [0.2, 0.25) is 0 Å². The molecule has 0 amide bonds. The summed E-state index contributed by atoms with van der Waals surface area (Å²) in [5, 5.41) is 9.30. The van der Waals surface area contributed by atoms with Gasteiger partial charge in [-0.1, -0.05) is 12.1 Å². The number of ether oxygens (including phenoxy) is 1. The summed E-state index contributed by atoms with van der Waals surface area (Å²) in [5.41, 5.74) is 1.15. The van der Waals surface area contributed by atoms with Crippen LogP contribution in [0.25, 0.3) is 0 Å². The molecule has 15 heavy (non-hydrogen) atoms. The molecule has 3 nitrogen and oxygen atoms in total. The molecule has 0 aliphatic carbocycles. The Hall–Kier alpha value is -1.06. The molecule has 0 bridgehead atoms. The van der Waals surface area contributed by atoms with Crippen LogP contribution in [-0.4, -0.2) is 44.4 Å². The number of rotatable bonds is 5. The van der Waals surface area contributed by atoms with Crippen molar-refractivity contribution in [3.63, 3.8) is 0 Å². The third-order valence-corrected chi connectivity index (χ3v) is 2.39. The molecule has 0 heterocycles. The first-order valence-electron chi connectivity index (χ1n) is 5.07. The van der Waals surface area contributed by atoms with E-state index >= 15 is 0 Å². The van der Waals surface area contributed by atoms with E-state index in [9.17, 15) is 5.11 Å². The monoisotopic (exact) mass is 209 g/mol. The summed E-state index contributed by atoms with van der Waals surface area (Å²) in [6.45, 7) is 1.02. The molecule has 84 valence electrons. The zero-order chi connectivity index (χ0) is 11.3. The highest BCUT2D eigenvalue weighted by Gasteiger charge is 2.11. The summed E-state index contributed by atoms with van der Waals surface area (Å²) in [6, 6.07) is 7.85. The van der Waals surface area contributed by atoms with Gasteiger partial charge in [0.05, 0.1) is 13.7 Å². The van der Waals surface area contributed by atoms with Crippen molar-refractivity contribution >= 4 is 0 Å². The molecule has 0 saturated carbocycles. The van der Waals surface area contributed by atoms with Crippen LogP contribution >= 0.6 is 0 Å². The number of likely N-dealkylation sites (N-methyl/N-ethyl adjacent to an activating group) is 1. The Morgan fingerprint density at radius 1 is 1.27 bits per heavy atom. The largest absolute Gasteiger partial charge is 0.497 e. The van der Waals surface area contributed by atoms with Gasteiger partial charge in [0.25, 0.3) is 0 Å². The summed E-state index contributed by atoms with van der Waals surface area (Å²) in [5.74, 6) is 1.02. The Labute approximate surface area is 91.3 Å². The van der Waals surface area contributed by atoms with Crippen LogP contribution < -0.4 is 4.74 Å². The highest BCUT2D eigenvalue weighted by atomic mass is 16.5. The molecular weight excluding hydrogens is 190 g/mol. The van der Waals surface area contributed by atoms with Crippen LogP contribution in [0.3, 0.4) is 0 Å². The fraction of sp³-hybridized carbons (Fsp3) is 0.500. The number of aliphatic hydroxyl groups excluding tert-OH is 1. The first-order valence-corrected chi connectivity index (χ1v) is 5.07. The van der Waals surface area contributed by atoms with Crippen molar-refractivity contribution in [1.82, 2.24) is 4.90 Å². The molecule has 0 fully saturated rings. The maximum Gasteiger partial charge on any atom is 0.118 e. The smallest absolute Gasteiger partial charge is 0.118 e. The minimum Gasteiger partial charge on any atom is -0.497 e. The fourth-order valence-electron chi connectivity index (χ4n) is 1.59. The van der Waals surface area contributed by atoms with E-state index in [1.807, 2.05) is 38.4 Å². The standard InChI is InChI=1S/C12H19NO2/c1-13(2)8-11(9-14)10-4-6-12(15-3)7-5-10/h4-7,11,14H,8-9H2,1-3H3. The van der Waals surface area contributed by atoms with Crippen LogP contribution in [0.1, 0.15) is 11.5 Å². The van der Waals surface area contributed by atoms with Crippen LogP contribution in [0, 0.1) is 0 Å². The van der Waals surface area contributed by atoms with Gasteiger partial charge < -0.3 is 14.7 Å². The molecule has 1 aromatic carbocycles. The SMILES string of the molecule is COc1ccc(C(CO)CN(C)C)cc1. The number of aliphatic hydroxyl groups is 1. The normalized spacial score (nSPS) is 12.9. The van der Waals surface area contributed by atoms with Crippen molar-refractivity contribution in [3.8, 4) is 5.75 Å². The lowest BCUT2D eigenvalue weighted by atomic mass is 9.99. The zero-order valence-electron chi connectivity index (χ0n) is 9.60. The molecule has 0 saturated heterocycles. The van der Waals surface area contributed by atoms with Crippen LogP contribution in [-0.2, 0) is 0 Å². The van der Waals surface area contributed by atoms with Gasteiger partial charge in [-0.25, -0.2) is 0 Å². The van der Waals surface area contributed by atoms with Gasteiger partial charge in [-0.05, 0) is 31.8 Å². The predicted octanol–water partition coefficient (Wildman–Crippen LogP) is 1.33. The van der Waals surface area contributed by atoms with E-state index in [4.69, 9.17) is 4.74 Å². The quantitative estimate of drug-likeness (QED) is 0.794. The Morgan fingerprint density at radius 3 is 2.27 bits per heavy atom. The molecule has 0 aliphatic rings. The molecule has 0 radical (unpaired) electrons. The van der Waals surface area contributed by atoms with Crippen molar-refractivity contribution in [2.24, 2.45) is 0 Å². The molecule has 1 atom stereocenters. The number of hydrogen-bond donors (Lipinski definition) is 1. The first-order chi connectivity index (χ1) is 7.17. The van der Waals surface area contributed by atoms with Gasteiger partial charge >= 0.3 is 0 Å². The molecule has 1 unspecified atom stereocenters. The average Bonchev–Trinajstić information content (AvgIpc) is 2.26. The second kappa shape index (κ2) is 5.73. The first kappa shape index (κ1) is 12.0. The van der Waals surface area contributed by atoms with E-state index in [1.54, 1.807) is 7.11 Å². The molecule has 0 aromatic heterocycles. The van der Waals surface area contributed by atoms with E-state index in [1.165, 1.54) is 0 Å². The predicted molar refractivity (Wildman–Crippen MR) is 61.4 cm³/mol. The van der Waals surface area contributed by atoms with Crippen molar-refractivity contribution in [2.75, 3.05) is 34.4 Å². The van der Waals surface area contributed by atoms with Crippen LogP contribution in [0.4, 0.5) is 0 Å². The Bertz CT molecular complexity index is 282. The summed E-state index contributed by atoms with van der Waals surface area (Å²) in [4.78, 5) is 2.07. The van der Waals surface area contributed by atoms with E-state index in [2.05, 4.69) is 4.90 Å². The zero-order valence-corrected chi connectivity index (χ0v) is 9.60. The molecule has 3 heteroatoms. The van der Waals surface area contributed by atoms with Gasteiger partial charge in [0.2, 0.25) is 0 Å². The van der Waals surface area contributed by atoms with Crippen molar-refractivity contribution in [1.29, 1.82) is 0 Å². The Morgan fingerprint density at radius 2 is 1.87 bits per heavy atom. The highest BCUT2D eigenvalue weighted by molar-refractivity contribution is 5.29. The topological polar surface area (TPSA) is 32.7 Å². The van der Waals surface area contributed by atoms with E-state index in [0.717, 1.165) is 17.9 Å². The van der Waals surface area contributed by atoms with Crippen molar-refractivity contribution in [2.45, 2.75) is 5.92 Å². The minimum atomic E-state index is 0.171. The van der Waals surface area contributed by atoms with E-state index < -0.39 is 0 Å². The van der Waals surface area contributed by atoms with Gasteiger partial charge in [0.1, 0.15) is 5.75 Å². The highest BCUT2D eigenvalue weighted by Crippen LogP contribution is 2.19. The van der Waals surface area contributed by atoms with Gasteiger partial charge in [-0.15, -0.1) is 0 Å². The maximum atomic E-state index is 9.30. The average molecular weight is 209 g/mol. The molecule has 0 aliphatic heterocycles. The van der Waals surface area contributed by atoms with Gasteiger partial charge in [-0.2, -0.15) is 0 Å². The molecule has 1 N–H and O–H groups in total. The Balaban J connectivity index is 2.74. The van der Waals surface area contributed by atoms with Gasteiger partial charge in [0, 0.05) is 12.5 Å². The summed E-state index contributed by atoms with van der Waals surface area (Å²) in [7, 11) is 5.66. The lowest BCUT2D eigenvalue weighted by molar-refractivity contribution is 0.235. The fourth-order valence-corrected chi connectivity index (χ4v) is 1.59. The van der Waals surface area contributed by atoms with E-state index in [-0.39, 0.29) is 12.5 Å². The second-order valence-electron chi connectivity index (χ2n) is 3.91. The maximum absolute atomic E-state index is 9.30. The molecule has 1 rings (SSSR count). The van der Waals surface area contributed by atoms with E-state index in [0.29, 0.717) is 0 Å². The minimum absolute atomic E-state index is 0.171. The number of nitrogens with zero attached hydrogens (tertiary/aromatic N) is 1. The summed E-state index contributed by atoms with van der Waals surface area (Å²) < 4.78 is 5.09. The molecular formula is C12H19NO2. The third kappa shape index (κ3) is 3.53. The van der Waals surface area contributed by atoms with Crippen LogP contribution in [0.15, 0.2) is 24.3 Å². The molecule has 0 spiro atoms. The number of hydrogen-bond acceptors (Lipinski definition) is 3.